The third kappa shape index (κ3) is 8.97. The Morgan fingerprint density at radius 3 is 2.21 bits per heavy atom. The fraction of sp³-hybridized carbons (Fsp3) is 0.588. The van der Waals surface area contributed by atoms with E-state index in [9.17, 15) is 14.9 Å². The molecule has 24 heavy (non-hydrogen) atoms. The van der Waals surface area contributed by atoms with Crippen molar-refractivity contribution in [2.24, 2.45) is 0 Å². The van der Waals surface area contributed by atoms with E-state index in [0.717, 1.165) is 37.9 Å². The second-order valence-corrected chi connectivity index (χ2v) is 6.57. The van der Waals surface area contributed by atoms with Crippen LogP contribution in [0.1, 0.15) is 46.5 Å². The van der Waals surface area contributed by atoms with E-state index in [1.807, 2.05) is 20.8 Å². The first-order chi connectivity index (χ1) is 11.3. The fourth-order valence-electron chi connectivity index (χ4n) is 2.04. The third-order valence-corrected chi connectivity index (χ3v) is 3.18. The number of benzene rings is 1. The number of nitro benzene ring substituents is 1. The van der Waals surface area contributed by atoms with Crippen LogP contribution in [0.15, 0.2) is 24.3 Å². The quantitative estimate of drug-likeness (QED) is 0.402. The van der Waals surface area contributed by atoms with E-state index >= 15 is 0 Å². The Bertz CT molecular complexity index is 524. The smallest absolute Gasteiger partial charge is 0.407 e. The maximum Gasteiger partial charge on any atom is 0.407 e. The molecule has 0 radical (unpaired) electrons. The summed E-state index contributed by atoms with van der Waals surface area (Å²) in [7, 11) is 0. The largest absolute Gasteiger partial charge is 0.444 e. The van der Waals surface area contributed by atoms with Gasteiger partial charge < -0.3 is 15.4 Å². The molecule has 1 aromatic carbocycles. The summed E-state index contributed by atoms with van der Waals surface area (Å²) < 4.78 is 5.15. The Morgan fingerprint density at radius 2 is 1.67 bits per heavy atom. The van der Waals surface area contributed by atoms with Gasteiger partial charge in [-0.3, -0.25) is 10.1 Å². The number of nitrogens with one attached hydrogen (secondary N) is 2. The van der Waals surface area contributed by atoms with Crippen LogP contribution >= 0.6 is 0 Å². The lowest BCUT2D eigenvalue weighted by Gasteiger charge is -2.19. The number of nitro groups is 1. The van der Waals surface area contributed by atoms with Crippen molar-refractivity contribution in [2.45, 2.75) is 52.1 Å². The normalized spacial score (nSPS) is 11.0. The highest BCUT2D eigenvalue weighted by Gasteiger charge is 2.15. The molecule has 0 atom stereocenters. The zero-order valence-electron chi connectivity index (χ0n) is 14.6. The molecule has 0 aromatic heterocycles. The average Bonchev–Trinajstić information content (AvgIpc) is 2.48. The highest BCUT2D eigenvalue weighted by Crippen LogP contribution is 2.15. The second kappa shape index (κ2) is 9.75. The number of alkyl carbamates (subject to hydrolysis) is 1. The minimum atomic E-state index is -0.465. The number of rotatable bonds is 9. The first kappa shape index (κ1) is 19.7. The molecule has 0 saturated heterocycles. The number of hydrogen-bond acceptors (Lipinski definition) is 5. The fourth-order valence-corrected chi connectivity index (χ4v) is 2.04. The number of nitrogens with zero attached hydrogens (tertiary/aromatic N) is 1. The maximum absolute atomic E-state index is 11.4. The molecule has 0 spiro atoms. The Hall–Kier alpha value is -2.31. The van der Waals surface area contributed by atoms with Crippen LogP contribution in [0.4, 0.5) is 16.2 Å². The average molecular weight is 337 g/mol. The molecule has 7 heteroatoms. The zero-order chi connectivity index (χ0) is 18.0. The number of carbonyl (C=O) groups is 1. The summed E-state index contributed by atoms with van der Waals surface area (Å²) in [5.74, 6) is 0. The van der Waals surface area contributed by atoms with Crippen LogP contribution in [-0.4, -0.2) is 29.7 Å². The number of hydrogen-bond donors (Lipinski definition) is 2. The summed E-state index contributed by atoms with van der Waals surface area (Å²) in [5, 5.41) is 16.5. The molecule has 7 nitrogen and oxygen atoms in total. The van der Waals surface area contributed by atoms with Crippen LogP contribution in [0.2, 0.25) is 0 Å². The van der Waals surface area contributed by atoms with Crippen molar-refractivity contribution < 1.29 is 14.5 Å². The summed E-state index contributed by atoms with van der Waals surface area (Å²) >= 11 is 0. The van der Waals surface area contributed by atoms with Gasteiger partial charge in [0.1, 0.15) is 5.60 Å². The first-order valence-corrected chi connectivity index (χ1v) is 8.23. The van der Waals surface area contributed by atoms with Gasteiger partial charge in [-0.15, -0.1) is 0 Å². The standard InChI is InChI=1S/C17H27N3O4/c1-17(2,3)24-16(21)19-13-7-5-4-6-12-18-14-8-10-15(11-9-14)20(22)23/h8-11,18H,4-7,12-13H2,1-3H3,(H,19,21). The minimum Gasteiger partial charge on any atom is -0.444 e. The molecule has 0 aliphatic rings. The molecule has 134 valence electrons. The van der Waals surface area contributed by atoms with Gasteiger partial charge >= 0.3 is 6.09 Å². The zero-order valence-corrected chi connectivity index (χ0v) is 14.6. The molecule has 0 aliphatic heterocycles. The molecule has 0 fully saturated rings. The molecular formula is C17H27N3O4. The van der Waals surface area contributed by atoms with Crippen molar-refractivity contribution >= 4 is 17.5 Å². The van der Waals surface area contributed by atoms with Gasteiger partial charge in [-0.05, 0) is 45.7 Å². The summed E-state index contributed by atoms with van der Waals surface area (Å²) in [5.41, 5.74) is 0.512. The lowest BCUT2D eigenvalue weighted by Crippen LogP contribution is -2.32. The number of non-ortho nitro benzene ring substituents is 1. The highest BCUT2D eigenvalue weighted by molar-refractivity contribution is 5.67. The van der Waals surface area contributed by atoms with Crippen molar-refractivity contribution in [3.8, 4) is 0 Å². The molecular weight excluding hydrogens is 310 g/mol. The van der Waals surface area contributed by atoms with Crippen molar-refractivity contribution in [1.29, 1.82) is 0 Å². The number of ether oxygens (including phenoxy) is 1. The van der Waals surface area contributed by atoms with Gasteiger partial charge in [0, 0.05) is 30.9 Å². The van der Waals surface area contributed by atoms with Crippen molar-refractivity contribution in [3.63, 3.8) is 0 Å². The summed E-state index contributed by atoms with van der Waals surface area (Å²) in [6, 6.07) is 6.40. The van der Waals surface area contributed by atoms with Crippen molar-refractivity contribution in [2.75, 3.05) is 18.4 Å². The molecule has 0 aliphatic carbocycles. The van der Waals surface area contributed by atoms with Gasteiger partial charge in [-0.1, -0.05) is 12.8 Å². The van der Waals surface area contributed by atoms with Crippen LogP contribution in [0, 0.1) is 10.1 Å². The molecule has 1 amide bonds. The topological polar surface area (TPSA) is 93.5 Å². The second-order valence-electron chi connectivity index (χ2n) is 6.57. The lowest BCUT2D eigenvalue weighted by atomic mass is 10.2. The Balaban J connectivity index is 2.02. The number of carbonyl (C=O) groups excluding carboxylic acids is 1. The van der Waals surface area contributed by atoms with Crippen molar-refractivity contribution in [1.82, 2.24) is 5.32 Å². The monoisotopic (exact) mass is 337 g/mol. The van der Waals surface area contributed by atoms with E-state index in [2.05, 4.69) is 10.6 Å². The summed E-state index contributed by atoms with van der Waals surface area (Å²) in [6.45, 7) is 6.95. The minimum absolute atomic E-state index is 0.0954. The van der Waals surface area contributed by atoms with Crippen LogP contribution in [0.5, 0.6) is 0 Å². The van der Waals surface area contributed by atoms with E-state index in [0.29, 0.717) is 6.54 Å². The molecule has 0 bridgehead atoms. The van der Waals surface area contributed by atoms with Gasteiger partial charge in [-0.2, -0.15) is 0 Å². The van der Waals surface area contributed by atoms with E-state index in [4.69, 9.17) is 4.74 Å². The Kier molecular flexibility index (Phi) is 8.01. The molecule has 0 saturated carbocycles. The first-order valence-electron chi connectivity index (χ1n) is 8.23. The predicted octanol–water partition coefficient (Wildman–Crippen LogP) is 4.09. The van der Waals surface area contributed by atoms with E-state index in [-0.39, 0.29) is 11.8 Å². The molecule has 0 unspecified atom stereocenters. The lowest BCUT2D eigenvalue weighted by molar-refractivity contribution is -0.384. The third-order valence-electron chi connectivity index (χ3n) is 3.18. The SMILES string of the molecule is CC(C)(C)OC(=O)NCCCCCCNc1ccc([N+](=O)[O-])cc1. The van der Waals surface area contributed by atoms with Gasteiger partial charge in [0.15, 0.2) is 0 Å². The number of unbranched alkanes of at least 4 members (excludes halogenated alkanes) is 3. The maximum atomic E-state index is 11.4. The molecule has 1 rings (SSSR count). The van der Waals surface area contributed by atoms with Crippen LogP contribution < -0.4 is 10.6 Å². The van der Waals surface area contributed by atoms with Gasteiger partial charge in [0.05, 0.1) is 4.92 Å². The van der Waals surface area contributed by atoms with E-state index in [1.165, 1.54) is 12.1 Å². The predicted molar refractivity (Wildman–Crippen MR) is 94.3 cm³/mol. The van der Waals surface area contributed by atoms with Gasteiger partial charge in [-0.25, -0.2) is 4.79 Å². The highest BCUT2D eigenvalue weighted by atomic mass is 16.6. The molecule has 1 aromatic rings. The van der Waals surface area contributed by atoms with E-state index < -0.39 is 10.5 Å². The summed E-state index contributed by atoms with van der Waals surface area (Å²) in [6.07, 6.45) is 3.62. The van der Waals surface area contributed by atoms with Crippen LogP contribution in [0.3, 0.4) is 0 Å². The number of anilines is 1. The molecule has 0 heterocycles. The van der Waals surface area contributed by atoms with Crippen molar-refractivity contribution in [3.05, 3.63) is 34.4 Å². The van der Waals surface area contributed by atoms with Gasteiger partial charge in [0.2, 0.25) is 0 Å². The van der Waals surface area contributed by atoms with Gasteiger partial charge in [0.25, 0.3) is 5.69 Å². The number of amides is 1. The molecule has 2 N–H and O–H groups in total. The Labute approximate surface area is 142 Å². The summed E-state index contributed by atoms with van der Waals surface area (Å²) in [4.78, 5) is 21.6. The van der Waals surface area contributed by atoms with E-state index in [1.54, 1.807) is 12.1 Å². The Morgan fingerprint density at radius 1 is 1.08 bits per heavy atom. The van der Waals surface area contributed by atoms with Crippen LogP contribution in [0.25, 0.3) is 0 Å². The van der Waals surface area contributed by atoms with Crippen LogP contribution in [-0.2, 0) is 4.74 Å².